The number of esters is 1. The first-order valence-electron chi connectivity index (χ1n) is 14.3. The van der Waals surface area contributed by atoms with Gasteiger partial charge in [0.15, 0.2) is 0 Å². The number of benzene rings is 3. The quantitative estimate of drug-likeness (QED) is 0.241. The third-order valence-corrected chi connectivity index (χ3v) is 9.05. The van der Waals surface area contributed by atoms with Gasteiger partial charge in [-0.15, -0.1) is 0 Å². The van der Waals surface area contributed by atoms with Crippen molar-refractivity contribution in [2.24, 2.45) is 0 Å². The zero-order valence-electron chi connectivity index (χ0n) is 24.8. The van der Waals surface area contributed by atoms with Gasteiger partial charge in [-0.25, -0.2) is 13.6 Å². The number of ether oxygens (including phenoxy) is 2. The second kappa shape index (κ2) is 13.8. The van der Waals surface area contributed by atoms with Gasteiger partial charge in [-0.3, -0.25) is 9.59 Å². The predicted octanol–water partition coefficient (Wildman–Crippen LogP) is 5.29. The summed E-state index contributed by atoms with van der Waals surface area (Å²) in [5.41, 5.74) is 2.21. The molecule has 0 fully saturated rings. The summed E-state index contributed by atoms with van der Waals surface area (Å²) in [6, 6.07) is 15.1. The number of urea groups is 1. The Hall–Kier alpha value is -4.25. The van der Waals surface area contributed by atoms with Crippen molar-refractivity contribution < 1.29 is 32.6 Å². The van der Waals surface area contributed by atoms with E-state index in [-0.39, 0.29) is 37.0 Å². The number of hydrogen-bond acceptors (Lipinski definition) is 5. The van der Waals surface area contributed by atoms with E-state index in [4.69, 9.17) is 9.47 Å². The van der Waals surface area contributed by atoms with Crippen LogP contribution in [0.3, 0.4) is 0 Å². The molecule has 8 nitrogen and oxygen atoms in total. The smallest absolute Gasteiger partial charge is 0.318 e. The van der Waals surface area contributed by atoms with Crippen LogP contribution in [0.25, 0.3) is 0 Å². The molecule has 1 aliphatic rings. The van der Waals surface area contributed by atoms with Crippen molar-refractivity contribution in [1.82, 2.24) is 10.2 Å². The molecular weight excluding hydrogens is 572 g/mol. The first kappa shape index (κ1) is 31.7. The maximum Gasteiger partial charge on any atom is 0.318 e. The Morgan fingerprint density at radius 1 is 1.00 bits per heavy atom. The third-order valence-electron chi connectivity index (χ3n) is 7.07. The second-order valence-corrected chi connectivity index (χ2v) is 16.3. The number of nitrogens with zero attached hydrogens (tertiary/aromatic N) is 1. The number of carbonyl (C=O) groups excluding carboxylic acids is 3. The predicted molar refractivity (Wildman–Crippen MR) is 163 cm³/mol. The summed E-state index contributed by atoms with van der Waals surface area (Å²) in [5.74, 6) is -1.89. The normalized spacial score (nSPS) is 14.5. The van der Waals surface area contributed by atoms with Gasteiger partial charge in [0.2, 0.25) is 0 Å². The van der Waals surface area contributed by atoms with Crippen molar-refractivity contribution in [2.75, 3.05) is 25.0 Å². The lowest BCUT2D eigenvalue weighted by atomic mass is 9.91. The van der Waals surface area contributed by atoms with Gasteiger partial charge in [0.05, 0.1) is 21.1 Å². The summed E-state index contributed by atoms with van der Waals surface area (Å²) in [4.78, 5) is 40.6. The van der Waals surface area contributed by atoms with Crippen molar-refractivity contribution in [1.29, 1.82) is 0 Å². The summed E-state index contributed by atoms with van der Waals surface area (Å²) in [7, 11) is -2.32. The van der Waals surface area contributed by atoms with Crippen LogP contribution in [0, 0.1) is 11.6 Å². The van der Waals surface area contributed by atoms with Crippen LogP contribution < -0.4 is 20.6 Å². The number of hydrogen-bond donors (Lipinski definition) is 2. The Balaban J connectivity index is 1.49. The number of halogens is 2. The summed E-state index contributed by atoms with van der Waals surface area (Å²) in [6.07, 6.45) is 0.403. The maximum absolute atomic E-state index is 14.9. The molecule has 0 unspecified atom stereocenters. The molecule has 3 aromatic carbocycles. The fourth-order valence-electron chi connectivity index (χ4n) is 5.12. The highest BCUT2D eigenvalue weighted by Crippen LogP contribution is 2.33. The van der Waals surface area contributed by atoms with Crippen molar-refractivity contribution in [3.63, 3.8) is 0 Å². The van der Waals surface area contributed by atoms with Crippen molar-refractivity contribution in [3.05, 3.63) is 89.0 Å². The molecular formula is C32H37F2N3O5Si. The second-order valence-electron chi connectivity index (χ2n) is 11.3. The van der Waals surface area contributed by atoms with E-state index in [9.17, 15) is 23.2 Å². The van der Waals surface area contributed by atoms with E-state index in [1.807, 2.05) is 63.0 Å². The summed E-state index contributed by atoms with van der Waals surface area (Å²) < 4.78 is 40.7. The number of anilines is 1. The summed E-state index contributed by atoms with van der Waals surface area (Å²) in [6.45, 7) is 8.17. The van der Waals surface area contributed by atoms with Gasteiger partial charge in [-0.05, 0) is 54.3 Å². The monoisotopic (exact) mass is 609 g/mol. The Bertz CT molecular complexity index is 1460. The molecule has 1 aliphatic heterocycles. The van der Waals surface area contributed by atoms with Gasteiger partial charge in [0, 0.05) is 24.0 Å². The zero-order chi connectivity index (χ0) is 31.1. The summed E-state index contributed by atoms with van der Waals surface area (Å²) in [5, 5.41) is 5.37. The van der Waals surface area contributed by atoms with E-state index in [1.165, 1.54) is 4.90 Å². The molecule has 43 heavy (non-hydrogen) atoms. The molecule has 0 aromatic heterocycles. The van der Waals surface area contributed by atoms with Crippen LogP contribution in [-0.2, 0) is 27.4 Å². The van der Waals surface area contributed by atoms with Gasteiger partial charge >= 0.3 is 12.0 Å². The van der Waals surface area contributed by atoms with Gasteiger partial charge in [0.25, 0.3) is 5.91 Å². The van der Waals surface area contributed by atoms with Gasteiger partial charge in [-0.2, -0.15) is 0 Å². The standard InChI is InChI=1S/C32H37F2N3O5Si/c1-5-41-24-11-12-25-22(17-24)14-16-37(32(40)35-15-13-28(38)42-20-21-9-7-6-8-10-21)29(25)31(39)36-23-18-26(33)30(27(34)19-23)43(2,3)4/h6-12,17-19,29H,5,13-16,20H2,1-4H3,(H,35,40)(H,36,39)/t29-/m1/s1. The van der Waals surface area contributed by atoms with E-state index in [0.717, 1.165) is 23.3 Å². The molecule has 4 rings (SSSR count). The molecule has 1 heterocycles. The van der Waals surface area contributed by atoms with Crippen molar-refractivity contribution in [3.8, 4) is 5.75 Å². The first-order valence-corrected chi connectivity index (χ1v) is 17.8. The van der Waals surface area contributed by atoms with Crippen molar-refractivity contribution >= 4 is 36.9 Å². The number of fused-ring (bicyclic) bond motifs is 1. The van der Waals surface area contributed by atoms with Crippen LogP contribution in [0.15, 0.2) is 60.7 Å². The van der Waals surface area contributed by atoms with Crippen molar-refractivity contribution in [2.45, 2.75) is 52.1 Å². The molecule has 228 valence electrons. The Kier molecular flexibility index (Phi) is 10.2. The topological polar surface area (TPSA) is 97.0 Å². The minimum Gasteiger partial charge on any atom is -0.494 e. The summed E-state index contributed by atoms with van der Waals surface area (Å²) >= 11 is 0. The molecule has 0 radical (unpaired) electrons. The van der Waals surface area contributed by atoms with E-state index < -0.39 is 43.7 Å². The average Bonchev–Trinajstić information content (AvgIpc) is 2.95. The average molecular weight is 610 g/mol. The Labute approximate surface area is 251 Å². The van der Waals surface area contributed by atoms with Gasteiger partial charge < -0.3 is 25.0 Å². The van der Waals surface area contributed by atoms with Crippen LogP contribution in [0.2, 0.25) is 19.6 Å². The largest absolute Gasteiger partial charge is 0.494 e. The lowest BCUT2D eigenvalue weighted by Crippen LogP contribution is -2.49. The Morgan fingerprint density at radius 3 is 2.35 bits per heavy atom. The third kappa shape index (κ3) is 7.98. The lowest BCUT2D eigenvalue weighted by molar-refractivity contribution is -0.144. The molecule has 3 amide bonds. The molecule has 3 aromatic rings. The van der Waals surface area contributed by atoms with Gasteiger partial charge in [0.1, 0.15) is 30.0 Å². The van der Waals surface area contributed by atoms with Crippen LogP contribution in [0.1, 0.15) is 36.1 Å². The molecule has 0 saturated heterocycles. The molecule has 2 N–H and O–H groups in total. The highest BCUT2D eigenvalue weighted by Gasteiger charge is 2.37. The van der Waals surface area contributed by atoms with E-state index in [0.29, 0.717) is 24.3 Å². The first-order chi connectivity index (χ1) is 20.5. The maximum atomic E-state index is 14.9. The minimum atomic E-state index is -2.32. The Morgan fingerprint density at radius 2 is 1.70 bits per heavy atom. The fraction of sp³-hybridized carbons (Fsp3) is 0.344. The number of carbonyl (C=O) groups is 3. The zero-order valence-corrected chi connectivity index (χ0v) is 25.8. The van der Waals surface area contributed by atoms with Crippen LogP contribution in [-0.4, -0.2) is 50.6 Å². The molecule has 1 atom stereocenters. The van der Waals surface area contributed by atoms with Crippen LogP contribution in [0.4, 0.5) is 19.3 Å². The van der Waals surface area contributed by atoms with E-state index in [2.05, 4.69) is 10.6 Å². The minimum absolute atomic E-state index is 0.00199. The highest BCUT2D eigenvalue weighted by atomic mass is 28.3. The molecule has 0 aliphatic carbocycles. The fourth-order valence-corrected chi connectivity index (χ4v) is 6.69. The molecule has 11 heteroatoms. The van der Waals surface area contributed by atoms with E-state index in [1.54, 1.807) is 12.1 Å². The van der Waals surface area contributed by atoms with E-state index >= 15 is 0 Å². The number of amides is 3. The lowest BCUT2D eigenvalue weighted by Gasteiger charge is -2.36. The molecule has 0 saturated carbocycles. The van der Waals surface area contributed by atoms with Gasteiger partial charge in [-0.1, -0.05) is 56.0 Å². The van der Waals surface area contributed by atoms with Crippen LogP contribution >= 0.6 is 0 Å². The highest BCUT2D eigenvalue weighted by molar-refractivity contribution is 6.88. The van der Waals surface area contributed by atoms with Crippen LogP contribution in [0.5, 0.6) is 5.75 Å². The molecule has 0 bridgehead atoms. The number of nitrogens with one attached hydrogen (secondary N) is 2. The molecule has 0 spiro atoms. The SMILES string of the molecule is CCOc1ccc2c(c1)CCN(C(=O)NCCC(=O)OCc1ccccc1)[C@H]2C(=O)Nc1cc(F)c([Si](C)(C)C)c(F)c1. The number of rotatable bonds is 10.